The molecule has 10 rings (SSSR count). The Hall–Kier alpha value is -7.45. The summed E-state index contributed by atoms with van der Waals surface area (Å²) in [4.78, 5) is 36.0. The van der Waals surface area contributed by atoms with E-state index in [0.29, 0.717) is 48.4 Å². The minimum Gasteiger partial charge on any atom is -0.478 e. The highest BCUT2D eigenvalue weighted by molar-refractivity contribution is 7.99. The molecule has 72 heavy (non-hydrogen) atoms. The Bertz CT molecular complexity index is 3400. The molecule has 9 aromatic rings. The summed E-state index contributed by atoms with van der Waals surface area (Å²) in [5.41, 5.74) is 9.60. The van der Waals surface area contributed by atoms with E-state index in [9.17, 15) is 9.90 Å². The Balaban J connectivity index is 0.910. The number of nitrogens with zero attached hydrogens (tertiary/aromatic N) is 4. The van der Waals surface area contributed by atoms with Gasteiger partial charge in [0.15, 0.2) is 0 Å². The second-order valence-corrected chi connectivity index (χ2v) is 20.4. The third-order valence-electron chi connectivity index (χ3n) is 12.9. The Morgan fingerprint density at radius 3 is 1.90 bits per heavy atom. The zero-order valence-electron chi connectivity index (χ0n) is 40.5. The van der Waals surface area contributed by atoms with Crippen LogP contribution in [0.3, 0.4) is 0 Å². The van der Waals surface area contributed by atoms with Crippen molar-refractivity contribution in [2.24, 2.45) is 0 Å². The number of carbonyl (C=O) groups is 1. The minimum atomic E-state index is -0.947. The molecule has 0 unspecified atom stereocenters. The molecule has 13 heteroatoms. The predicted molar refractivity (Wildman–Crippen MR) is 294 cm³/mol. The third kappa shape index (κ3) is 11.2. The summed E-state index contributed by atoms with van der Waals surface area (Å²) in [5, 5.41) is 26.2. The van der Waals surface area contributed by atoms with Gasteiger partial charge >= 0.3 is 5.97 Å². The van der Waals surface area contributed by atoms with Gasteiger partial charge in [-0.05, 0) is 113 Å². The van der Waals surface area contributed by atoms with Gasteiger partial charge in [-0.25, -0.2) is 14.8 Å². The molecule has 0 bridgehead atoms. The Labute approximate surface area is 428 Å². The van der Waals surface area contributed by atoms with Gasteiger partial charge in [0, 0.05) is 62.3 Å². The summed E-state index contributed by atoms with van der Waals surface area (Å²) < 4.78 is 5.74. The quantitative estimate of drug-likeness (QED) is 0.0524. The first-order valence-electron chi connectivity index (χ1n) is 24.4. The van der Waals surface area contributed by atoms with E-state index in [1.807, 2.05) is 60.7 Å². The zero-order chi connectivity index (χ0) is 49.4. The van der Waals surface area contributed by atoms with Crippen LogP contribution in [0.5, 0.6) is 0 Å². The summed E-state index contributed by atoms with van der Waals surface area (Å²) in [6, 6.07) is 53.4. The number of carboxylic acids is 1. The van der Waals surface area contributed by atoms with Crippen molar-refractivity contribution in [3.8, 4) is 11.1 Å². The number of para-hydroxylation sites is 2. The van der Waals surface area contributed by atoms with Crippen molar-refractivity contribution in [2.75, 3.05) is 28.4 Å². The van der Waals surface area contributed by atoms with Gasteiger partial charge in [0.25, 0.3) is 0 Å². The van der Waals surface area contributed by atoms with Gasteiger partial charge in [-0.2, -0.15) is 9.97 Å². The van der Waals surface area contributed by atoms with Crippen LogP contribution in [-0.2, 0) is 24.4 Å². The van der Waals surface area contributed by atoms with Crippen molar-refractivity contribution in [3.05, 3.63) is 186 Å². The van der Waals surface area contributed by atoms with Crippen LogP contribution in [0.2, 0.25) is 0 Å². The van der Waals surface area contributed by atoms with Crippen molar-refractivity contribution < 1.29 is 14.6 Å². The SMILES string of the molecule is COCc1ccc(-c2ccc3nc(NCc4ccccc4Sc4ccccc4C(=O)O)nc(NC4CCCC4)c3c2)cc1Sc1ccccc1CNc1nc(Nc2ccccc2C(C)C)c2ccccc2n1. The van der Waals surface area contributed by atoms with Crippen molar-refractivity contribution in [2.45, 2.75) is 90.8 Å². The molecule has 1 aliphatic rings. The highest BCUT2D eigenvalue weighted by Crippen LogP contribution is 2.39. The highest BCUT2D eigenvalue weighted by Gasteiger charge is 2.20. The van der Waals surface area contributed by atoms with E-state index in [1.54, 1.807) is 31.0 Å². The lowest BCUT2D eigenvalue weighted by molar-refractivity contribution is 0.0693. The van der Waals surface area contributed by atoms with Crippen molar-refractivity contribution >= 4 is 80.5 Å². The number of nitrogens with one attached hydrogen (secondary N) is 4. The molecule has 0 saturated heterocycles. The molecule has 5 N–H and O–H groups in total. The zero-order valence-corrected chi connectivity index (χ0v) is 42.1. The maximum Gasteiger partial charge on any atom is 0.336 e. The standard InChI is InChI=1S/C59H56N8O3S2/c1-37(2)44-20-8-11-23-48(44)63-55-45-21-9-12-24-49(45)64-58(66-55)60-35-41-17-5-14-26-52(41)72-54-33-39(28-29-42(54)36-70-3)38-30-31-50-47(32-38)56(62-43-18-6-7-19-43)67-59(65-50)61-34-40-16-4-13-25-51(40)71-53-27-15-10-22-46(53)57(68)69/h4-5,8-17,20-33,37,43H,6-7,18-19,34-36H2,1-3H3,(H,68,69)(H2,60,63,64,66)(H2,61,62,65,67). The lowest BCUT2D eigenvalue weighted by Crippen LogP contribution is -2.17. The Morgan fingerprint density at radius 1 is 0.611 bits per heavy atom. The van der Waals surface area contributed by atoms with E-state index < -0.39 is 5.97 Å². The van der Waals surface area contributed by atoms with Crippen LogP contribution in [0, 0.1) is 0 Å². The third-order valence-corrected chi connectivity index (χ3v) is 15.3. The first-order chi connectivity index (χ1) is 35.3. The molecular formula is C59H56N8O3S2. The molecule has 1 saturated carbocycles. The first kappa shape index (κ1) is 48.2. The lowest BCUT2D eigenvalue weighted by Gasteiger charge is -2.18. The summed E-state index contributed by atoms with van der Waals surface area (Å²) in [7, 11) is 1.74. The lowest BCUT2D eigenvalue weighted by atomic mass is 10.0. The molecule has 0 aliphatic heterocycles. The van der Waals surface area contributed by atoms with Gasteiger partial charge in [0.1, 0.15) is 11.6 Å². The number of aromatic carboxylic acids is 1. The number of methoxy groups -OCH3 is 1. The van der Waals surface area contributed by atoms with Crippen LogP contribution in [0.1, 0.15) is 78.1 Å². The van der Waals surface area contributed by atoms with Crippen LogP contribution >= 0.6 is 23.5 Å². The van der Waals surface area contributed by atoms with Gasteiger partial charge in [-0.3, -0.25) is 0 Å². The van der Waals surface area contributed by atoms with Crippen molar-refractivity contribution in [3.63, 3.8) is 0 Å². The van der Waals surface area contributed by atoms with E-state index in [-0.39, 0.29) is 5.56 Å². The second kappa shape index (κ2) is 22.3. The normalized spacial score (nSPS) is 12.7. The summed E-state index contributed by atoms with van der Waals surface area (Å²) in [5.74, 6) is 2.04. The van der Waals surface area contributed by atoms with Crippen LogP contribution in [0.4, 0.5) is 29.2 Å². The maximum atomic E-state index is 12.0. The van der Waals surface area contributed by atoms with Gasteiger partial charge in [0.2, 0.25) is 11.9 Å². The molecule has 7 aromatic carbocycles. The monoisotopic (exact) mass is 988 g/mol. The van der Waals surface area contributed by atoms with E-state index in [4.69, 9.17) is 24.7 Å². The van der Waals surface area contributed by atoms with E-state index in [1.165, 1.54) is 30.2 Å². The fourth-order valence-electron chi connectivity index (χ4n) is 9.17. The molecule has 2 aromatic heterocycles. The molecule has 2 heterocycles. The number of hydrogen-bond donors (Lipinski definition) is 5. The average molecular weight is 989 g/mol. The summed E-state index contributed by atoms with van der Waals surface area (Å²) >= 11 is 3.17. The predicted octanol–water partition coefficient (Wildman–Crippen LogP) is 14.8. The largest absolute Gasteiger partial charge is 0.478 e. The molecule has 11 nitrogen and oxygen atoms in total. The molecule has 0 spiro atoms. The number of fused-ring (bicyclic) bond motifs is 2. The van der Waals surface area contributed by atoms with Crippen LogP contribution in [0.25, 0.3) is 32.9 Å². The molecule has 0 atom stereocenters. The summed E-state index contributed by atoms with van der Waals surface area (Å²) in [6.45, 7) is 5.86. The average Bonchev–Trinajstić information content (AvgIpc) is 3.92. The topological polar surface area (TPSA) is 146 Å². The van der Waals surface area contributed by atoms with Crippen molar-refractivity contribution in [1.29, 1.82) is 0 Å². The van der Waals surface area contributed by atoms with E-state index >= 15 is 0 Å². The fourth-order valence-corrected chi connectivity index (χ4v) is 11.3. The maximum absolute atomic E-state index is 12.0. The Morgan fingerprint density at radius 2 is 1.19 bits per heavy atom. The van der Waals surface area contributed by atoms with Crippen molar-refractivity contribution in [1.82, 2.24) is 19.9 Å². The number of anilines is 5. The number of carboxylic acid groups (broad SMARTS) is 1. The number of aromatic nitrogens is 4. The second-order valence-electron chi connectivity index (χ2n) is 18.2. The van der Waals surface area contributed by atoms with E-state index in [2.05, 4.69) is 120 Å². The molecular weight excluding hydrogens is 933 g/mol. The summed E-state index contributed by atoms with van der Waals surface area (Å²) in [6.07, 6.45) is 4.56. The van der Waals surface area contributed by atoms with Crippen LogP contribution in [-0.4, -0.2) is 44.2 Å². The highest BCUT2D eigenvalue weighted by atomic mass is 32.2. The smallest absolute Gasteiger partial charge is 0.336 e. The first-order valence-corrected chi connectivity index (χ1v) is 26.0. The van der Waals surface area contributed by atoms with Crippen LogP contribution < -0.4 is 21.3 Å². The van der Waals surface area contributed by atoms with Crippen LogP contribution in [0.15, 0.2) is 177 Å². The number of benzene rings is 7. The van der Waals surface area contributed by atoms with Gasteiger partial charge in [-0.1, -0.05) is 147 Å². The molecule has 1 fully saturated rings. The Kier molecular flexibility index (Phi) is 14.9. The number of hydrogen-bond acceptors (Lipinski definition) is 12. The van der Waals surface area contributed by atoms with Gasteiger partial charge in [0.05, 0.1) is 23.2 Å². The molecule has 0 radical (unpaired) electrons. The molecule has 362 valence electrons. The number of ether oxygens (including phenoxy) is 1. The molecule has 1 aliphatic carbocycles. The number of rotatable bonds is 19. The fraction of sp³-hybridized carbons (Fsp3) is 0.203. The van der Waals surface area contributed by atoms with Gasteiger partial charge in [-0.15, -0.1) is 0 Å². The van der Waals surface area contributed by atoms with Gasteiger partial charge < -0.3 is 31.1 Å². The minimum absolute atomic E-state index is 0.278. The molecule has 0 amide bonds. The van der Waals surface area contributed by atoms with E-state index in [0.717, 1.165) is 94.5 Å².